The monoisotopic (exact) mass is 389 g/mol. The van der Waals surface area contributed by atoms with Crippen molar-refractivity contribution < 1.29 is 14.3 Å². The van der Waals surface area contributed by atoms with Gasteiger partial charge in [0.05, 0.1) is 7.11 Å². The Kier molecular flexibility index (Phi) is 5.33. The van der Waals surface area contributed by atoms with Crippen LogP contribution in [0.4, 0.5) is 0 Å². The highest BCUT2D eigenvalue weighted by Crippen LogP contribution is 2.16. The third-order valence-electron chi connectivity index (χ3n) is 5.21. The number of amides is 2. The summed E-state index contributed by atoms with van der Waals surface area (Å²) in [4.78, 5) is 29.1. The Morgan fingerprint density at radius 1 is 0.724 bits per heavy atom. The van der Waals surface area contributed by atoms with E-state index in [4.69, 9.17) is 4.74 Å². The molecule has 6 heteroatoms. The molecule has 3 aromatic rings. The van der Waals surface area contributed by atoms with E-state index in [1.54, 1.807) is 36.3 Å². The van der Waals surface area contributed by atoms with E-state index in [9.17, 15) is 9.59 Å². The number of carbonyl (C=O) groups is 2. The van der Waals surface area contributed by atoms with E-state index >= 15 is 0 Å². The molecule has 0 aliphatic carbocycles. The number of ether oxygens (including phenoxy) is 1. The van der Waals surface area contributed by atoms with Gasteiger partial charge in [0.1, 0.15) is 5.75 Å². The SMILES string of the molecule is COc1ccc(C(=O)N2CCN(C(=O)c3ccc(-n4cccc4)cc3)CC2)cc1. The minimum absolute atomic E-state index is 0.000558. The normalized spacial score (nSPS) is 14.0. The zero-order valence-corrected chi connectivity index (χ0v) is 16.3. The van der Waals surface area contributed by atoms with Crippen LogP contribution in [-0.2, 0) is 0 Å². The van der Waals surface area contributed by atoms with Crippen LogP contribution >= 0.6 is 0 Å². The number of hydrogen-bond donors (Lipinski definition) is 0. The first-order valence-corrected chi connectivity index (χ1v) is 9.62. The number of rotatable bonds is 4. The molecule has 148 valence electrons. The van der Waals surface area contributed by atoms with Crippen molar-refractivity contribution in [3.63, 3.8) is 0 Å². The molecule has 6 nitrogen and oxygen atoms in total. The molecule has 4 rings (SSSR count). The maximum atomic E-state index is 12.8. The van der Waals surface area contributed by atoms with E-state index in [2.05, 4.69) is 0 Å². The number of nitrogens with zero attached hydrogens (tertiary/aromatic N) is 3. The first-order valence-electron chi connectivity index (χ1n) is 9.62. The highest BCUT2D eigenvalue weighted by Gasteiger charge is 2.25. The molecule has 2 heterocycles. The molecule has 0 spiro atoms. The Morgan fingerprint density at radius 2 is 1.17 bits per heavy atom. The summed E-state index contributed by atoms with van der Waals surface area (Å²) in [6.07, 6.45) is 3.94. The van der Waals surface area contributed by atoms with Crippen LogP contribution in [-0.4, -0.2) is 59.5 Å². The summed E-state index contributed by atoms with van der Waals surface area (Å²) in [5, 5.41) is 0. The van der Waals surface area contributed by atoms with Gasteiger partial charge in [0.25, 0.3) is 11.8 Å². The summed E-state index contributed by atoms with van der Waals surface area (Å²) in [5.74, 6) is 0.705. The average Bonchev–Trinajstić information content (AvgIpc) is 3.33. The average molecular weight is 389 g/mol. The first-order chi connectivity index (χ1) is 14.2. The highest BCUT2D eigenvalue weighted by atomic mass is 16.5. The predicted octanol–water partition coefficient (Wildman–Crippen LogP) is 3.08. The van der Waals surface area contributed by atoms with Crippen molar-refractivity contribution in [1.82, 2.24) is 14.4 Å². The molecule has 29 heavy (non-hydrogen) atoms. The number of hydrogen-bond acceptors (Lipinski definition) is 3. The quantitative estimate of drug-likeness (QED) is 0.689. The molecule has 2 aromatic carbocycles. The van der Waals surface area contributed by atoms with Gasteiger partial charge in [0, 0.05) is 55.4 Å². The van der Waals surface area contributed by atoms with Crippen molar-refractivity contribution in [1.29, 1.82) is 0 Å². The fraction of sp³-hybridized carbons (Fsp3) is 0.217. The van der Waals surface area contributed by atoms with Crippen molar-refractivity contribution in [2.75, 3.05) is 33.3 Å². The van der Waals surface area contributed by atoms with Gasteiger partial charge in [-0.3, -0.25) is 9.59 Å². The van der Waals surface area contributed by atoms with Gasteiger partial charge in [-0.2, -0.15) is 0 Å². The van der Waals surface area contributed by atoms with Crippen LogP contribution in [0.1, 0.15) is 20.7 Å². The Labute approximate surface area is 169 Å². The second-order valence-electron chi connectivity index (χ2n) is 6.95. The number of aromatic nitrogens is 1. The van der Waals surface area contributed by atoms with Crippen LogP contribution < -0.4 is 4.74 Å². The molecule has 1 saturated heterocycles. The maximum absolute atomic E-state index is 12.8. The molecule has 2 amide bonds. The topological polar surface area (TPSA) is 54.8 Å². The number of carbonyl (C=O) groups excluding carboxylic acids is 2. The van der Waals surface area contributed by atoms with E-state index in [0.29, 0.717) is 37.3 Å². The summed E-state index contributed by atoms with van der Waals surface area (Å²) in [6, 6.07) is 18.6. The van der Waals surface area contributed by atoms with Crippen molar-refractivity contribution in [3.05, 3.63) is 84.2 Å². The third-order valence-corrected chi connectivity index (χ3v) is 5.21. The summed E-state index contributed by atoms with van der Waals surface area (Å²) >= 11 is 0. The van der Waals surface area contributed by atoms with E-state index in [1.807, 2.05) is 58.3 Å². The zero-order valence-electron chi connectivity index (χ0n) is 16.3. The number of piperazine rings is 1. The largest absolute Gasteiger partial charge is 0.497 e. The molecular formula is C23H23N3O3. The Balaban J connectivity index is 1.36. The minimum atomic E-state index is -0.0178. The van der Waals surface area contributed by atoms with Crippen LogP contribution in [0.25, 0.3) is 5.69 Å². The maximum Gasteiger partial charge on any atom is 0.253 e. The molecule has 1 aliphatic rings. The van der Waals surface area contributed by atoms with Gasteiger partial charge >= 0.3 is 0 Å². The third kappa shape index (κ3) is 4.01. The van der Waals surface area contributed by atoms with Crippen molar-refractivity contribution in [3.8, 4) is 11.4 Å². The molecule has 1 aromatic heterocycles. The molecule has 1 aliphatic heterocycles. The molecule has 0 radical (unpaired) electrons. The van der Waals surface area contributed by atoms with Gasteiger partial charge in [0.15, 0.2) is 0 Å². The summed E-state index contributed by atoms with van der Waals surface area (Å²) < 4.78 is 7.13. The minimum Gasteiger partial charge on any atom is -0.497 e. The van der Waals surface area contributed by atoms with Gasteiger partial charge < -0.3 is 19.1 Å². The highest BCUT2D eigenvalue weighted by molar-refractivity contribution is 5.96. The molecule has 0 atom stereocenters. The van der Waals surface area contributed by atoms with Crippen LogP contribution in [0.3, 0.4) is 0 Å². The van der Waals surface area contributed by atoms with Gasteiger partial charge in [0.2, 0.25) is 0 Å². The Morgan fingerprint density at radius 3 is 1.62 bits per heavy atom. The van der Waals surface area contributed by atoms with Gasteiger partial charge in [-0.05, 0) is 60.7 Å². The molecule has 1 fully saturated rings. The summed E-state index contributed by atoms with van der Waals surface area (Å²) in [5.41, 5.74) is 2.31. The van der Waals surface area contributed by atoms with Crippen LogP contribution in [0, 0.1) is 0 Å². The Bertz CT molecular complexity index is 971. The standard InChI is InChI=1S/C23H23N3O3/c1-29-21-10-6-19(7-11-21)23(28)26-16-14-25(15-17-26)22(27)18-4-8-20(9-5-18)24-12-2-3-13-24/h2-13H,14-17H2,1H3. The number of benzene rings is 2. The molecular weight excluding hydrogens is 366 g/mol. The number of methoxy groups -OCH3 is 1. The van der Waals surface area contributed by atoms with E-state index in [1.165, 1.54) is 0 Å². The lowest BCUT2D eigenvalue weighted by atomic mass is 10.1. The molecule has 0 unspecified atom stereocenters. The van der Waals surface area contributed by atoms with Gasteiger partial charge in [-0.1, -0.05) is 0 Å². The van der Waals surface area contributed by atoms with Gasteiger partial charge in [-0.25, -0.2) is 0 Å². The molecule has 0 N–H and O–H groups in total. The lowest BCUT2D eigenvalue weighted by molar-refractivity contribution is 0.0535. The summed E-state index contributed by atoms with van der Waals surface area (Å²) in [6.45, 7) is 2.11. The molecule has 0 bridgehead atoms. The first kappa shape index (κ1) is 18.8. The lowest BCUT2D eigenvalue weighted by Crippen LogP contribution is -2.50. The Hall–Kier alpha value is -3.54. The fourth-order valence-corrected chi connectivity index (χ4v) is 3.49. The zero-order chi connectivity index (χ0) is 20.2. The molecule has 0 saturated carbocycles. The van der Waals surface area contributed by atoms with E-state index < -0.39 is 0 Å². The van der Waals surface area contributed by atoms with Crippen molar-refractivity contribution in [2.24, 2.45) is 0 Å². The second-order valence-corrected chi connectivity index (χ2v) is 6.95. The smallest absolute Gasteiger partial charge is 0.253 e. The van der Waals surface area contributed by atoms with Gasteiger partial charge in [-0.15, -0.1) is 0 Å². The van der Waals surface area contributed by atoms with E-state index in [0.717, 1.165) is 11.4 Å². The van der Waals surface area contributed by atoms with Crippen LogP contribution in [0.2, 0.25) is 0 Å². The van der Waals surface area contributed by atoms with Crippen LogP contribution in [0.5, 0.6) is 5.75 Å². The second kappa shape index (κ2) is 8.22. The van der Waals surface area contributed by atoms with Crippen LogP contribution in [0.15, 0.2) is 73.1 Å². The predicted molar refractivity (Wildman–Crippen MR) is 111 cm³/mol. The van der Waals surface area contributed by atoms with Crippen molar-refractivity contribution >= 4 is 11.8 Å². The van der Waals surface area contributed by atoms with Crippen molar-refractivity contribution in [2.45, 2.75) is 0 Å². The lowest BCUT2D eigenvalue weighted by Gasteiger charge is -2.35. The summed E-state index contributed by atoms with van der Waals surface area (Å²) in [7, 11) is 1.60. The fourth-order valence-electron chi connectivity index (χ4n) is 3.49. The van der Waals surface area contributed by atoms with E-state index in [-0.39, 0.29) is 11.8 Å².